The highest BCUT2D eigenvalue weighted by Crippen LogP contribution is 2.13. The van der Waals surface area contributed by atoms with Gasteiger partial charge in [-0.1, -0.05) is 179 Å². The molecule has 0 aliphatic heterocycles. The molecule has 0 bridgehead atoms. The van der Waals surface area contributed by atoms with Crippen molar-refractivity contribution in [2.24, 2.45) is 58.6 Å². The van der Waals surface area contributed by atoms with Gasteiger partial charge in [0.25, 0.3) is 0 Å². The molecule has 2 aromatic carbocycles. The normalized spacial score (nSPS) is 10.1. The van der Waals surface area contributed by atoms with Crippen LogP contribution in [0, 0.1) is 41.4 Å². The van der Waals surface area contributed by atoms with Gasteiger partial charge < -0.3 is 32.5 Å². The van der Waals surface area contributed by atoms with Gasteiger partial charge in [0.2, 0.25) is 0 Å². The molecule has 2 rings (SSSR count). The molecule has 0 fully saturated rings. The van der Waals surface area contributed by atoms with Crippen LogP contribution in [0.5, 0.6) is 5.75 Å². The van der Waals surface area contributed by atoms with Crippen molar-refractivity contribution in [3.8, 4) is 5.75 Å². The number of allylic oxidation sites excluding steroid dienone is 4. The average Bonchev–Trinajstić information content (AvgIpc) is 3.08. The lowest BCUT2D eigenvalue weighted by Crippen LogP contribution is -1.98. The van der Waals surface area contributed by atoms with Crippen molar-refractivity contribution in [3.63, 3.8) is 0 Å². The van der Waals surface area contributed by atoms with Gasteiger partial charge in [-0.3, -0.25) is 0 Å². The first kappa shape index (κ1) is 64.5. The summed E-state index contributed by atoms with van der Waals surface area (Å²) in [6.45, 7) is 45.1. The largest absolute Gasteiger partial charge is 0.513 e. The molecule has 344 valence electrons. The predicted molar refractivity (Wildman–Crippen MR) is 267 cm³/mol. The number of phenolic OH excluding ortho intramolecular Hbond substituents is 1. The van der Waals surface area contributed by atoms with Gasteiger partial charge in [-0.25, -0.2) is 0 Å². The second-order valence-corrected chi connectivity index (χ2v) is 18.5. The van der Waals surface area contributed by atoms with E-state index in [4.69, 9.17) is 32.5 Å². The van der Waals surface area contributed by atoms with Gasteiger partial charge in [-0.2, -0.15) is 0 Å². The first-order valence-electron chi connectivity index (χ1n) is 22.4. The standard InChI is InChI=1S/C10H14O.C10H14.C7H15N.C7H17N.C7H14O.C6H13N.C6H12O/c1-8(2)7-9-3-5-10(11)6-4-9;1-9(2)8-10-6-4-3-5-7-10;1-6(2)4-5-7(3)8;1-7(2)5-3-4-6-8;1-6(2)4-5-7(3)8;2*1-5(2)4-6(3)7/h3-6,8,11H,7H2,1-2H3;3-7,9H,8H2,1-2H3;6H,3-5,8H2,1-2H3;7H,3-6,8H2,1-2H3;6,8H,3-5H2,1-2H3;5H,3-4,7H2,1-2H3;5,7H,3-4H2,1-2H3. The van der Waals surface area contributed by atoms with Gasteiger partial charge in [0.05, 0.1) is 11.5 Å². The summed E-state index contributed by atoms with van der Waals surface area (Å²) in [5, 5.41) is 26.1. The highest BCUT2D eigenvalue weighted by Gasteiger charge is 1.98. The molecule has 0 heterocycles. The lowest BCUT2D eigenvalue weighted by Gasteiger charge is -2.03. The highest BCUT2D eigenvalue weighted by molar-refractivity contribution is 5.26. The lowest BCUT2D eigenvalue weighted by atomic mass is 10.0. The summed E-state index contributed by atoms with van der Waals surface area (Å²) in [5.74, 6) is 5.82. The van der Waals surface area contributed by atoms with E-state index < -0.39 is 0 Å². The first-order chi connectivity index (χ1) is 27.2. The summed E-state index contributed by atoms with van der Waals surface area (Å²) in [7, 11) is 0. The maximum atomic E-state index is 8.99. The third-order valence-electron chi connectivity index (χ3n) is 7.67. The molecule has 2 aromatic rings. The Hall–Kier alpha value is -3.64. The van der Waals surface area contributed by atoms with E-state index in [-0.39, 0.29) is 5.76 Å². The molecule has 0 aliphatic rings. The van der Waals surface area contributed by atoms with Gasteiger partial charge in [0.1, 0.15) is 5.75 Å². The van der Waals surface area contributed by atoms with Gasteiger partial charge in [0, 0.05) is 24.2 Å². The zero-order chi connectivity index (χ0) is 46.9. The fraction of sp³-hybridized carbons (Fsp3) is 0.623. The molecule has 0 saturated heterocycles. The van der Waals surface area contributed by atoms with Crippen LogP contribution in [-0.2, 0) is 12.8 Å². The number of phenols is 1. The van der Waals surface area contributed by atoms with Crippen molar-refractivity contribution in [2.45, 2.75) is 168 Å². The minimum absolute atomic E-state index is 0.287. The Kier molecular flexibility index (Phi) is 48.0. The molecule has 6 nitrogen and oxygen atoms in total. The predicted octanol–water partition coefficient (Wildman–Crippen LogP) is 15.2. The number of aliphatic hydroxyl groups excluding tert-OH is 2. The second kappa shape index (κ2) is 43.9. The van der Waals surface area contributed by atoms with Crippen molar-refractivity contribution in [2.75, 3.05) is 6.54 Å². The maximum absolute atomic E-state index is 8.99. The van der Waals surface area contributed by atoms with E-state index in [1.54, 1.807) is 12.1 Å². The van der Waals surface area contributed by atoms with Gasteiger partial charge in [-0.05, 0) is 116 Å². The third-order valence-corrected chi connectivity index (χ3v) is 7.67. The molecule has 0 radical (unpaired) electrons. The van der Waals surface area contributed by atoms with E-state index in [0.717, 1.165) is 80.6 Å². The van der Waals surface area contributed by atoms with Crippen molar-refractivity contribution in [1.82, 2.24) is 0 Å². The Labute approximate surface area is 367 Å². The molecule has 0 aliphatic carbocycles. The van der Waals surface area contributed by atoms with Gasteiger partial charge >= 0.3 is 0 Å². The molecular weight excluding hydrogens is 727 g/mol. The summed E-state index contributed by atoms with van der Waals surface area (Å²) in [5.41, 5.74) is 20.3. The molecular formula is C53H99N3O3. The summed E-state index contributed by atoms with van der Waals surface area (Å²) in [4.78, 5) is 0. The van der Waals surface area contributed by atoms with Crippen molar-refractivity contribution < 1.29 is 15.3 Å². The Morgan fingerprint density at radius 3 is 1.12 bits per heavy atom. The highest BCUT2D eigenvalue weighted by atomic mass is 16.3. The number of hydrogen-bond donors (Lipinski definition) is 6. The fourth-order valence-electron chi connectivity index (χ4n) is 4.81. The number of nitrogens with two attached hydrogens (primary N) is 3. The van der Waals surface area contributed by atoms with Crippen LogP contribution in [0.3, 0.4) is 0 Å². The smallest absolute Gasteiger partial charge is 0.115 e. The fourth-order valence-corrected chi connectivity index (χ4v) is 4.81. The van der Waals surface area contributed by atoms with Crippen molar-refractivity contribution >= 4 is 0 Å². The number of aliphatic hydroxyl groups is 2. The summed E-state index contributed by atoms with van der Waals surface area (Å²) in [6.07, 6.45) is 11.7. The van der Waals surface area contributed by atoms with E-state index in [9.17, 15) is 0 Å². The molecule has 6 heteroatoms. The Balaban J connectivity index is -0.000000194. The van der Waals surface area contributed by atoms with E-state index in [1.807, 2.05) is 26.0 Å². The quantitative estimate of drug-likeness (QED) is 0.0654. The van der Waals surface area contributed by atoms with E-state index in [1.165, 1.54) is 36.8 Å². The zero-order valence-corrected chi connectivity index (χ0v) is 41.1. The van der Waals surface area contributed by atoms with Crippen LogP contribution in [0.25, 0.3) is 0 Å². The summed E-state index contributed by atoms with van der Waals surface area (Å²) < 4.78 is 0. The number of benzene rings is 2. The van der Waals surface area contributed by atoms with Crippen LogP contribution in [-0.4, -0.2) is 21.9 Å². The Bertz CT molecular complexity index is 1190. The second-order valence-electron chi connectivity index (χ2n) is 18.5. The molecule has 9 N–H and O–H groups in total. The minimum atomic E-state index is 0.287. The SMILES string of the molecule is C=C(N)CC(C)C.C=C(N)CCC(C)C.C=C(O)CC(C)C.C=C(O)CCC(C)C.CC(C)CCCCN.CC(C)Cc1ccc(O)cc1.CC(C)Cc1ccccc1. The van der Waals surface area contributed by atoms with E-state index in [2.05, 4.69) is 140 Å². The topological polar surface area (TPSA) is 139 Å². The number of unbranched alkanes of at least 4 members (excludes halogenated alkanes) is 1. The summed E-state index contributed by atoms with van der Waals surface area (Å²) in [6, 6.07) is 18.0. The molecule has 0 amide bonds. The number of rotatable bonds is 18. The molecule has 0 saturated carbocycles. The lowest BCUT2D eigenvalue weighted by molar-refractivity contribution is 0.368. The first-order valence-corrected chi connectivity index (χ1v) is 22.4. The number of hydrogen-bond acceptors (Lipinski definition) is 6. The molecule has 0 atom stereocenters. The van der Waals surface area contributed by atoms with Crippen LogP contribution in [0.15, 0.2) is 104 Å². The van der Waals surface area contributed by atoms with Crippen LogP contribution >= 0.6 is 0 Å². The van der Waals surface area contributed by atoms with E-state index in [0.29, 0.717) is 35.2 Å². The minimum Gasteiger partial charge on any atom is -0.513 e. The molecule has 59 heavy (non-hydrogen) atoms. The Morgan fingerprint density at radius 1 is 0.475 bits per heavy atom. The van der Waals surface area contributed by atoms with Crippen LogP contribution in [0.2, 0.25) is 0 Å². The van der Waals surface area contributed by atoms with Gasteiger partial charge in [-0.15, -0.1) is 0 Å². The monoisotopic (exact) mass is 826 g/mol. The Morgan fingerprint density at radius 2 is 0.881 bits per heavy atom. The van der Waals surface area contributed by atoms with Crippen LogP contribution in [0.1, 0.15) is 166 Å². The summed E-state index contributed by atoms with van der Waals surface area (Å²) >= 11 is 0. The van der Waals surface area contributed by atoms with Crippen LogP contribution < -0.4 is 17.2 Å². The maximum Gasteiger partial charge on any atom is 0.115 e. The van der Waals surface area contributed by atoms with Crippen LogP contribution in [0.4, 0.5) is 0 Å². The number of aromatic hydroxyl groups is 1. The van der Waals surface area contributed by atoms with Crippen molar-refractivity contribution in [1.29, 1.82) is 0 Å². The third kappa shape index (κ3) is 72.4. The average molecular weight is 826 g/mol. The molecule has 0 unspecified atom stereocenters. The molecule has 0 aromatic heterocycles. The van der Waals surface area contributed by atoms with E-state index >= 15 is 0 Å². The zero-order valence-electron chi connectivity index (χ0n) is 41.1. The van der Waals surface area contributed by atoms with Gasteiger partial charge in [0.15, 0.2) is 0 Å². The molecule has 0 spiro atoms. The van der Waals surface area contributed by atoms with Crippen molar-refractivity contribution in [3.05, 3.63) is 115 Å².